The van der Waals surface area contributed by atoms with Crippen LogP contribution in [-0.2, 0) is 20.8 Å². The van der Waals surface area contributed by atoms with E-state index in [2.05, 4.69) is 4.98 Å². The zero-order valence-corrected chi connectivity index (χ0v) is 14.7. The lowest BCUT2D eigenvalue weighted by molar-refractivity contribution is -0.149. The van der Waals surface area contributed by atoms with Crippen LogP contribution in [0.3, 0.4) is 0 Å². The van der Waals surface area contributed by atoms with Crippen LogP contribution in [0.2, 0.25) is 0 Å². The van der Waals surface area contributed by atoms with Gasteiger partial charge in [0.05, 0.1) is 17.6 Å². The zero-order chi connectivity index (χ0) is 17.6. The molecule has 8 heteroatoms. The molecule has 7 nitrogen and oxygen atoms in total. The Morgan fingerprint density at radius 2 is 1.96 bits per heavy atom. The van der Waals surface area contributed by atoms with E-state index in [1.807, 2.05) is 5.38 Å². The predicted molar refractivity (Wildman–Crippen MR) is 89.9 cm³/mol. The van der Waals surface area contributed by atoms with Crippen LogP contribution < -0.4 is 0 Å². The molecule has 1 aromatic heterocycles. The van der Waals surface area contributed by atoms with Gasteiger partial charge in [-0.3, -0.25) is 14.4 Å². The number of aromatic nitrogens is 1. The number of likely N-dealkylation sites (tertiary alicyclic amines) is 2. The Bertz CT molecular complexity index is 703. The number of rotatable bonds is 4. The minimum Gasteiger partial charge on any atom is -0.481 e. The first-order chi connectivity index (χ1) is 12.0. The summed E-state index contributed by atoms with van der Waals surface area (Å²) in [5.74, 6) is -0.995. The number of hydrogen-bond acceptors (Lipinski definition) is 5. The predicted octanol–water partition coefficient (Wildman–Crippen LogP) is 0.857. The maximum absolute atomic E-state index is 12.5. The zero-order valence-electron chi connectivity index (χ0n) is 13.9. The molecule has 1 N–H and O–H groups in total. The summed E-state index contributed by atoms with van der Waals surface area (Å²) in [4.78, 5) is 44.5. The summed E-state index contributed by atoms with van der Waals surface area (Å²) < 4.78 is 0. The molecule has 3 heterocycles. The maximum Gasteiger partial charge on any atom is 0.313 e. The fourth-order valence-corrected chi connectivity index (χ4v) is 4.79. The standard InChI is InChI=1S/C17H21N3O4S/c21-14(4-13-7-25-10-18-13)19-5-12-6-20(15(22)11-2-1-3-11)9-17(12,8-19)16(23)24/h7,10-12H,1-6,8-9H2,(H,23,24)/t12-,17-/m0/s1. The fraction of sp³-hybridized carbons (Fsp3) is 0.647. The largest absolute Gasteiger partial charge is 0.481 e. The molecule has 1 aliphatic carbocycles. The first kappa shape index (κ1) is 16.5. The van der Waals surface area contributed by atoms with Gasteiger partial charge in [-0.15, -0.1) is 11.3 Å². The summed E-state index contributed by atoms with van der Waals surface area (Å²) in [5, 5.41) is 11.7. The van der Waals surface area contributed by atoms with E-state index in [1.54, 1.807) is 15.3 Å². The lowest BCUT2D eigenvalue weighted by Crippen LogP contribution is -2.45. The summed E-state index contributed by atoms with van der Waals surface area (Å²) in [7, 11) is 0. The number of carbonyl (C=O) groups excluding carboxylic acids is 2. The summed E-state index contributed by atoms with van der Waals surface area (Å²) in [6.07, 6.45) is 3.12. The number of hydrogen-bond donors (Lipinski definition) is 1. The molecule has 2 amide bonds. The molecule has 0 aromatic carbocycles. The molecule has 2 atom stereocenters. The molecular weight excluding hydrogens is 342 g/mol. The summed E-state index contributed by atoms with van der Waals surface area (Å²) >= 11 is 1.44. The first-order valence-electron chi connectivity index (χ1n) is 8.66. The number of amides is 2. The quantitative estimate of drug-likeness (QED) is 0.857. The smallest absolute Gasteiger partial charge is 0.313 e. The van der Waals surface area contributed by atoms with Crippen molar-refractivity contribution in [2.75, 3.05) is 26.2 Å². The highest BCUT2D eigenvalue weighted by atomic mass is 32.1. The Morgan fingerprint density at radius 3 is 2.52 bits per heavy atom. The van der Waals surface area contributed by atoms with Gasteiger partial charge < -0.3 is 14.9 Å². The molecule has 0 unspecified atom stereocenters. The van der Waals surface area contributed by atoms with Crippen molar-refractivity contribution >= 4 is 29.1 Å². The molecule has 3 fully saturated rings. The third kappa shape index (κ3) is 2.72. The van der Waals surface area contributed by atoms with Crippen molar-refractivity contribution in [2.24, 2.45) is 17.3 Å². The van der Waals surface area contributed by atoms with Crippen molar-refractivity contribution < 1.29 is 19.5 Å². The molecule has 1 aromatic rings. The first-order valence-corrected chi connectivity index (χ1v) is 9.61. The van der Waals surface area contributed by atoms with Crippen molar-refractivity contribution in [2.45, 2.75) is 25.7 Å². The van der Waals surface area contributed by atoms with Crippen molar-refractivity contribution in [3.63, 3.8) is 0 Å². The van der Waals surface area contributed by atoms with E-state index in [0.29, 0.717) is 13.1 Å². The Morgan fingerprint density at radius 1 is 1.24 bits per heavy atom. The molecule has 2 aliphatic heterocycles. The van der Waals surface area contributed by atoms with Gasteiger partial charge in [-0.05, 0) is 12.8 Å². The van der Waals surface area contributed by atoms with Gasteiger partial charge in [-0.2, -0.15) is 0 Å². The average molecular weight is 363 g/mol. The molecule has 25 heavy (non-hydrogen) atoms. The summed E-state index contributed by atoms with van der Waals surface area (Å²) in [6.45, 7) is 1.26. The van der Waals surface area contributed by atoms with Gasteiger partial charge >= 0.3 is 5.97 Å². The minimum atomic E-state index is -1.02. The number of thiazole rings is 1. The Hall–Kier alpha value is -1.96. The highest BCUT2D eigenvalue weighted by molar-refractivity contribution is 7.07. The fourth-order valence-electron chi connectivity index (χ4n) is 4.23. The van der Waals surface area contributed by atoms with Gasteiger partial charge in [0, 0.05) is 43.4 Å². The number of carboxylic acid groups (broad SMARTS) is 1. The van der Waals surface area contributed by atoms with Gasteiger partial charge in [-0.25, -0.2) is 4.98 Å². The average Bonchev–Trinajstić information content (AvgIpc) is 3.18. The van der Waals surface area contributed by atoms with E-state index >= 15 is 0 Å². The van der Waals surface area contributed by atoms with Crippen LogP contribution in [0.4, 0.5) is 0 Å². The number of aliphatic carboxylic acids is 1. The minimum absolute atomic E-state index is 0.0760. The highest BCUT2D eigenvalue weighted by Gasteiger charge is 2.59. The van der Waals surface area contributed by atoms with E-state index in [4.69, 9.17) is 0 Å². The van der Waals surface area contributed by atoms with Gasteiger partial charge in [0.2, 0.25) is 11.8 Å². The van der Waals surface area contributed by atoms with Crippen molar-refractivity contribution in [1.29, 1.82) is 0 Å². The van der Waals surface area contributed by atoms with Crippen LogP contribution in [0, 0.1) is 17.3 Å². The van der Waals surface area contributed by atoms with Gasteiger partial charge in [0.25, 0.3) is 0 Å². The summed E-state index contributed by atoms with van der Waals surface area (Å²) in [6, 6.07) is 0. The van der Waals surface area contributed by atoms with E-state index in [-0.39, 0.29) is 43.2 Å². The number of carboxylic acids is 1. The molecule has 0 spiro atoms. The van der Waals surface area contributed by atoms with E-state index in [1.165, 1.54) is 11.3 Å². The SMILES string of the molecule is O=C(Cc1cscn1)N1C[C@H]2CN(C(=O)C3CCC3)C[C@@]2(C(=O)O)C1. The number of fused-ring (bicyclic) bond motifs is 1. The number of nitrogens with zero attached hydrogens (tertiary/aromatic N) is 3. The Balaban J connectivity index is 1.46. The highest BCUT2D eigenvalue weighted by Crippen LogP contribution is 2.44. The molecule has 0 radical (unpaired) electrons. The molecule has 3 aliphatic rings. The van der Waals surface area contributed by atoms with Crippen molar-refractivity contribution in [1.82, 2.24) is 14.8 Å². The maximum atomic E-state index is 12.5. The van der Waals surface area contributed by atoms with Gasteiger partial charge in [-0.1, -0.05) is 6.42 Å². The lowest BCUT2D eigenvalue weighted by Gasteiger charge is -2.31. The summed E-state index contributed by atoms with van der Waals surface area (Å²) in [5.41, 5.74) is 1.39. The number of carbonyl (C=O) groups is 3. The lowest BCUT2D eigenvalue weighted by atomic mass is 9.81. The molecule has 0 bridgehead atoms. The van der Waals surface area contributed by atoms with Gasteiger partial charge in [0.15, 0.2) is 0 Å². The van der Waals surface area contributed by atoms with Crippen LogP contribution in [0.5, 0.6) is 0 Å². The molecule has 134 valence electrons. The van der Waals surface area contributed by atoms with Gasteiger partial charge in [0.1, 0.15) is 5.41 Å². The molecule has 1 saturated carbocycles. The van der Waals surface area contributed by atoms with Crippen LogP contribution in [0.1, 0.15) is 25.0 Å². The second kappa shape index (κ2) is 6.09. The second-order valence-electron chi connectivity index (χ2n) is 7.44. The topological polar surface area (TPSA) is 90.8 Å². The molecule has 4 rings (SSSR count). The Labute approximate surface area is 149 Å². The van der Waals surface area contributed by atoms with Crippen molar-refractivity contribution in [3.05, 3.63) is 16.6 Å². The third-order valence-electron chi connectivity index (χ3n) is 5.97. The third-order valence-corrected chi connectivity index (χ3v) is 6.60. The molecule has 2 saturated heterocycles. The van der Waals surface area contributed by atoms with E-state index in [9.17, 15) is 19.5 Å². The van der Waals surface area contributed by atoms with E-state index in [0.717, 1.165) is 25.0 Å². The molecular formula is C17H21N3O4S. The monoisotopic (exact) mass is 363 g/mol. The Kier molecular flexibility index (Phi) is 4.02. The normalized spacial score (nSPS) is 28.7. The van der Waals surface area contributed by atoms with E-state index < -0.39 is 11.4 Å². The van der Waals surface area contributed by atoms with Crippen LogP contribution in [0.15, 0.2) is 10.9 Å². The van der Waals surface area contributed by atoms with Crippen molar-refractivity contribution in [3.8, 4) is 0 Å². The van der Waals surface area contributed by atoms with Crippen LogP contribution >= 0.6 is 11.3 Å². The van der Waals surface area contributed by atoms with Crippen LogP contribution in [-0.4, -0.2) is 63.9 Å². The second-order valence-corrected chi connectivity index (χ2v) is 8.15. The van der Waals surface area contributed by atoms with Crippen LogP contribution in [0.25, 0.3) is 0 Å².